The third kappa shape index (κ3) is 7.54. The predicted octanol–water partition coefficient (Wildman–Crippen LogP) is 2.07. The highest BCUT2D eigenvalue weighted by Crippen LogP contribution is 2.05. The van der Waals surface area contributed by atoms with E-state index in [1.165, 1.54) is 0 Å². The van der Waals surface area contributed by atoms with Crippen LogP contribution in [-0.4, -0.2) is 49.1 Å². The summed E-state index contributed by atoms with van der Waals surface area (Å²) in [6.07, 6.45) is 1.13. The van der Waals surface area contributed by atoms with Crippen molar-refractivity contribution in [2.45, 2.75) is 66.1 Å². The zero-order valence-corrected chi connectivity index (χ0v) is 13.2. The predicted molar refractivity (Wildman–Crippen MR) is 81.2 cm³/mol. The summed E-state index contributed by atoms with van der Waals surface area (Å²) in [5.41, 5.74) is 0. The maximum absolute atomic E-state index is 4.20. The molecule has 0 aliphatic carbocycles. The molecule has 0 heterocycles. The standard InChI is InChI=1S/C14H32N4/c1-11(2)17-14(15-7)16-9-8-10-18(12(3)4)13(5)6/h11-13H,8-10H2,1-7H3,(H2,15,16,17). The molecule has 0 bridgehead atoms. The van der Waals surface area contributed by atoms with Gasteiger partial charge >= 0.3 is 0 Å². The van der Waals surface area contributed by atoms with Crippen molar-refractivity contribution in [3.05, 3.63) is 0 Å². The van der Waals surface area contributed by atoms with Crippen LogP contribution >= 0.6 is 0 Å². The maximum atomic E-state index is 4.20. The second kappa shape index (κ2) is 9.20. The Bertz CT molecular complexity index is 226. The zero-order valence-electron chi connectivity index (χ0n) is 13.2. The first-order valence-corrected chi connectivity index (χ1v) is 7.11. The first kappa shape index (κ1) is 17.2. The summed E-state index contributed by atoms with van der Waals surface area (Å²) in [7, 11) is 1.81. The fourth-order valence-corrected chi connectivity index (χ4v) is 2.05. The zero-order chi connectivity index (χ0) is 14.1. The lowest BCUT2D eigenvalue weighted by atomic mass is 10.2. The molecule has 0 aliphatic rings. The quantitative estimate of drug-likeness (QED) is 0.416. The summed E-state index contributed by atoms with van der Waals surface area (Å²) in [6.45, 7) is 15.3. The molecule has 0 spiro atoms. The summed E-state index contributed by atoms with van der Waals surface area (Å²) in [6, 6.07) is 1.63. The lowest BCUT2D eigenvalue weighted by Crippen LogP contribution is -2.43. The van der Waals surface area contributed by atoms with E-state index in [2.05, 4.69) is 62.1 Å². The van der Waals surface area contributed by atoms with Crippen LogP contribution < -0.4 is 10.6 Å². The number of nitrogens with zero attached hydrogens (tertiary/aromatic N) is 2. The number of guanidine groups is 1. The number of rotatable bonds is 7. The highest BCUT2D eigenvalue weighted by atomic mass is 15.2. The second-order valence-corrected chi connectivity index (χ2v) is 5.58. The fraction of sp³-hybridized carbons (Fsp3) is 0.929. The lowest BCUT2D eigenvalue weighted by Gasteiger charge is -2.30. The summed E-state index contributed by atoms with van der Waals surface area (Å²) in [5.74, 6) is 0.894. The van der Waals surface area contributed by atoms with Crippen molar-refractivity contribution < 1.29 is 0 Å². The molecule has 0 saturated heterocycles. The third-order valence-corrected chi connectivity index (χ3v) is 2.86. The maximum Gasteiger partial charge on any atom is 0.191 e. The highest BCUT2D eigenvalue weighted by Gasteiger charge is 2.12. The van der Waals surface area contributed by atoms with E-state index in [0.29, 0.717) is 18.1 Å². The molecular formula is C14H32N4. The fourth-order valence-electron chi connectivity index (χ4n) is 2.05. The molecular weight excluding hydrogens is 224 g/mol. The molecule has 2 N–H and O–H groups in total. The van der Waals surface area contributed by atoms with Gasteiger partial charge in [-0.2, -0.15) is 0 Å². The van der Waals surface area contributed by atoms with Gasteiger partial charge in [-0.1, -0.05) is 0 Å². The molecule has 0 unspecified atom stereocenters. The smallest absolute Gasteiger partial charge is 0.191 e. The molecule has 0 atom stereocenters. The first-order chi connectivity index (χ1) is 8.38. The summed E-state index contributed by atoms with van der Waals surface area (Å²) in [5, 5.41) is 6.63. The number of hydrogen-bond donors (Lipinski definition) is 2. The third-order valence-electron chi connectivity index (χ3n) is 2.86. The molecule has 108 valence electrons. The summed E-state index contributed by atoms with van der Waals surface area (Å²) >= 11 is 0. The van der Waals surface area contributed by atoms with Gasteiger partial charge in [0.05, 0.1) is 0 Å². The van der Waals surface area contributed by atoms with E-state index in [-0.39, 0.29) is 0 Å². The van der Waals surface area contributed by atoms with Crippen molar-refractivity contribution in [3.63, 3.8) is 0 Å². The highest BCUT2D eigenvalue weighted by molar-refractivity contribution is 5.79. The van der Waals surface area contributed by atoms with E-state index in [1.54, 1.807) is 0 Å². The Kier molecular flexibility index (Phi) is 8.81. The molecule has 0 saturated carbocycles. The lowest BCUT2D eigenvalue weighted by molar-refractivity contribution is 0.173. The second-order valence-electron chi connectivity index (χ2n) is 5.58. The molecule has 0 fully saturated rings. The Balaban J connectivity index is 3.90. The minimum Gasteiger partial charge on any atom is -0.356 e. The summed E-state index contributed by atoms with van der Waals surface area (Å²) < 4.78 is 0. The van der Waals surface area contributed by atoms with Crippen molar-refractivity contribution >= 4 is 5.96 Å². The molecule has 0 radical (unpaired) electrons. The Hall–Kier alpha value is -0.770. The van der Waals surface area contributed by atoms with Gasteiger partial charge in [0.2, 0.25) is 0 Å². The minimum absolute atomic E-state index is 0.416. The first-order valence-electron chi connectivity index (χ1n) is 7.11. The van der Waals surface area contributed by atoms with Crippen LogP contribution in [0, 0.1) is 0 Å². The van der Waals surface area contributed by atoms with Gasteiger partial charge in [-0.25, -0.2) is 0 Å². The van der Waals surface area contributed by atoms with Crippen molar-refractivity contribution in [2.24, 2.45) is 4.99 Å². The van der Waals surface area contributed by atoms with Crippen LogP contribution in [0.4, 0.5) is 0 Å². The van der Waals surface area contributed by atoms with Crippen LogP contribution in [0.3, 0.4) is 0 Å². The monoisotopic (exact) mass is 256 g/mol. The molecule has 4 heteroatoms. The van der Waals surface area contributed by atoms with Crippen molar-refractivity contribution in [3.8, 4) is 0 Å². The Morgan fingerprint density at radius 3 is 2.00 bits per heavy atom. The Morgan fingerprint density at radius 2 is 1.61 bits per heavy atom. The number of hydrogen-bond acceptors (Lipinski definition) is 2. The van der Waals surface area contributed by atoms with Gasteiger partial charge in [0.25, 0.3) is 0 Å². The van der Waals surface area contributed by atoms with E-state index >= 15 is 0 Å². The van der Waals surface area contributed by atoms with E-state index in [0.717, 1.165) is 25.5 Å². The number of nitrogens with one attached hydrogen (secondary N) is 2. The molecule has 0 aliphatic heterocycles. The van der Waals surface area contributed by atoms with Crippen molar-refractivity contribution in [1.82, 2.24) is 15.5 Å². The van der Waals surface area contributed by atoms with Gasteiger partial charge in [0.1, 0.15) is 0 Å². The van der Waals surface area contributed by atoms with Crippen molar-refractivity contribution in [2.75, 3.05) is 20.1 Å². The van der Waals surface area contributed by atoms with E-state index < -0.39 is 0 Å². The van der Waals surface area contributed by atoms with E-state index in [9.17, 15) is 0 Å². The van der Waals surface area contributed by atoms with Crippen molar-refractivity contribution in [1.29, 1.82) is 0 Å². The largest absolute Gasteiger partial charge is 0.356 e. The van der Waals surface area contributed by atoms with Gasteiger partial charge in [0, 0.05) is 38.3 Å². The van der Waals surface area contributed by atoms with Crippen LogP contribution in [0.5, 0.6) is 0 Å². The van der Waals surface area contributed by atoms with Crippen LogP contribution in [0.1, 0.15) is 48.0 Å². The average molecular weight is 256 g/mol. The SMILES string of the molecule is CN=C(NCCCN(C(C)C)C(C)C)NC(C)C. The Labute approximate surface area is 113 Å². The van der Waals surface area contributed by atoms with Gasteiger partial charge in [0.15, 0.2) is 5.96 Å². The Morgan fingerprint density at radius 1 is 1.06 bits per heavy atom. The molecule has 4 nitrogen and oxygen atoms in total. The van der Waals surface area contributed by atoms with Crippen LogP contribution in [0.25, 0.3) is 0 Å². The van der Waals surface area contributed by atoms with Gasteiger partial charge < -0.3 is 10.6 Å². The van der Waals surface area contributed by atoms with Gasteiger partial charge in [-0.3, -0.25) is 9.89 Å². The summed E-state index contributed by atoms with van der Waals surface area (Å²) in [4.78, 5) is 6.71. The molecule has 0 aromatic carbocycles. The topological polar surface area (TPSA) is 39.7 Å². The number of aliphatic imine (C=N–C) groups is 1. The molecule has 0 rings (SSSR count). The molecule has 0 aromatic rings. The average Bonchev–Trinajstić information content (AvgIpc) is 2.25. The van der Waals surface area contributed by atoms with Crippen LogP contribution in [0.2, 0.25) is 0 Å². The molecule has 18 heavy (non-hydrogen) atoms. The van der Waals surface area contributed by atoms with Gasteiger partial charge in [-0.15, -0.1) is 0 Å². The van der Waals surface area contributed by atoms with Gasteiger partial charge in [-0.05, 0) is 48.0 Å². The minimum atomic E-state index is 0.416. The molecule has 0 aromatic heterocycles. The van der Waals surface area contributed by atoms with Crippen LogP contribution in [0.15, 0.2) is 4.99 Å². The van der Waals surface area contributed by atoms with E-state index in [4.69, 9.17) is 0 Å². The van der Waals surface area contributed by atoms with Crippen LogP contribution in [-0.2, 0) is 0 Å². The normalized spacial score (nSPS) is 12.9. The molecule has 0 amide bonds. The van der Waals surface area contributed by atoms with E-state index in [1.807, 2.05) is 7.05 Å².